The third kappa shape index (κ3) is 3.38. The van der Waals surface area contributed by atoms with Gasteiger partial charge in [0.25, 0.3) is 0 Å². The summed E-state index contributed by atoms with van der Waals surface area (Å²) < 4.78 is 0. The van der Waals surface area contributed by atoms with Gasteiger partial charge in [-0.25, -0.2) is 0 Å². The highest BCUT2D eigenvalue weighted by atomic mass is 16.1. The highest BCUT2D eigenvalue weighted by molar-refractivity contribution is 5.98. The van der Waals surface area contributed by atoms with Crippen molar-refractivity contribution in [2.75, 3.05) is 32.7 Å². The third-order valence-electron chi connectivity index (χ3n) is 4.97. The summed E-state index contributed by atoms with van der Waals surface area (Å²) >= 11 is 0. The Kier molecular flexibility index (Phi) is 4.45. The van der Waals surface area contributed by atoms with Gasteiger partial charge in [0.05, 0.1) is 6.54 Å². The number of rotatable bonds is 4. The molecule has 0 spiro atoms. The quantitative estimate of drug-likeness (QED) is 0.865. The lowest BCUT2D eigenvalue weighted by Gasteiger charge is -2.32. The van der Waals surface area contributed by atoms with Gasteiger partial charge in [-0.1, -0.05) is 6.42 Å². The van der Waals surface area contributed by atoms with Crippen LogP contribution < -0.4 is 0 Å². The van der Waals surface area contributed by atoms with Crippen molar-refractivity contribution in [3.63, 3.8) is 0 Å². The summed E-state index contributed by atoms with van der Waals surface area (Å²) in [5, 5.41) is 0. The van der Waals surface area contributed by atoms with Crippen LogP contribution in [0.15, 0.2) is 6.07 Å². The van der Waals surface area contributed by atoms with Gasteiger partial charge < -0.3 is 4.98 Å². The molecule has 1 unspecified atom stereocenters. The second-order valence-corrected chi connectivity index (χ2v) is 6.69. The second kappa shape index (κ2) is 6.32. The Hall–Kier alpha value is -1.13. The van der Waals surface area contributed by atoms with Crippen molar-refractivity contribution in [3.8, 4) is 0 Å². The van der Waals surface area contributed by atoms with Crippen LogP contribution in [-0.2, 0) is 0 Å². The minimum absolute atomic E-state index is 0.260. The number of hydrogen-bond acceptors (Lipinski definition) is 3. The van der Waals surface area contributed by atoms with Crippen LogP contribution in [0.3, 0.4) is 0 Å². The van der Waals surface area contributed by atoms with Crippen LogP contribution in [0.25, 0.3) is 0 Å². The largest absolute Gasteiger partial charge is 0.362 e. The number of aryl methyl sites for hydroxylation is 2. The van der Waals surface area contributed by atoms with E-state index >= 15 is 0 Å². The standard InChI is InChI=1S/C17H27N3O/c1-13-10-16(14(2)18-13)17(21)12-19-9-6-15(11-19)20-7-4-3-5-8-20/h10,15,18H,3-9,11-12H2,1-2H3. The number of aromatic amines is 1. The number of piperidine rings is 1. The van der Waals surface area contributed by atoms with Crippen LogP contribution in [0, 0.1) is 13.8 Å². The van der Waals surface area contributed by atoms with E-state index in [4.69, 9.17) is 0 Å². The van der Waals surface area contributed by atoms with E-state index in [0.717, 1.165) is 30.0 Å². The molecule has 1 aromatic rings. The molecule has 116 valence electrons. The van der Waals surface area contributed by atoms with Crippen LogP contribution in [0.1, 0.15) is 47.4 Å². The van der Waals surface area contributed by atoms with E-state index in [-0.39, 0.29) is 5.78 Å². The number of carbonyl (C=O) groups excluding carboxylic acids is 1. The maximum atomic E-state index is 12.4. The van der Waals surface area contributed by atoms with Crippen molar-refractivity contribution >= 4 is 5.78 Å². The third-order valence-corrected chi connectivity index (χ3v) is 4.97. The van der Waals surface area contributed by atoms with Gasteiger partial charge in [-0.3, -0.25) is 14.6 Å². The number of carbonyl (C=O) groups is 1. The maximum absolute atomic E-state index is 12.4. The molecule has 4 nitrogen and oxygen atoms in total. The van der Waals surface area contributed by atoms with E-state index in [0.29, 0.717) is 12.6 Å². The van der Waals surface area contributed by atoms with Crippen molar-refractivity contribution in [3.05, 3.63) is 23.0 Å². The first-order valence-corrected chi connectivity index (χ1v) is 8.29. The predicted molar refractivity (Wildman–Crippen MR) is 84.9 cm³/mol. The molecule has 2 aliphatic rings. The normalized spacial score (nSPS) is 24.6. The summed E-state index contributed by atoms with van der Waals surface area (Å²) in [7, 11) is 0. The van der Waals surface area contributed by atoms with E-state index < -0.39 is 0 Å². The summed E-state index contributed by atoms with van der Waals surface area (Å²) in [5.74, 6) is 0.260. The lowest BCUT2D eigenvalue weighted by Crippen LogP contribution is -2.41. The molecule has 0 amide bonds. The molecule has 0 aliphatic carbocycles. The number of ketones is 1. The van der Waals surface area contributed by atoms with Gasteiger partial charge in [0, 0.05) is 36.1 Å². The molecule has 1 atom stereocenters. The zero-order valence-electron chi connectivity index (χ0n) is 13.3. The Morgan fingerprint density at radius 1 is 1.24 bits per heavy atom. The number of H-pyrrole nitrogens is 1. The summed E-state index contributed by atoms with van der Waals surface area (Å²) in [5.41, 5.74) is 2.95. The van der Waals surface area contributed by atoms with Gasteiger partial charge in [-0.05, 0) is 52.3 Å². The first-order chi connectivity index (χ1) is 10.1. The average Bonchev–Trinajstić information content (AvgIpc) is 3.06. The van der Waals surface area contributed by atoms with Gasteiger partial charge in [0.2, 0.25) is 0 Å². The van der Waals surface area contributed by atoms with E-state index in [1.54, 1.807) is 0 Å². The summed E-state index contributed by atoms with van der Waals surface area (Å²) in [6.07, 6.45) is 5.30. The van der Waals surface area contributed by atoms with Crippen LogP contribution in [0.4, 0.5) is 0 Å². The van der Waals surface area contributed by atoms with Gasteiger partial charge in [0.1, 0.15) is 0 Å². The summed E-state index contributed by atoms with van der Waals surface area (Å²) in [6.45, 7) is 9.20. The van der Waals surface area contributed by atoms with Crippen LogP contribution >= 0.6 is 0 Å². The summed E-state index contributed by atoms with van der Waals surface area (Å²) in [6, 6.07) is 2.66. The molecule has 0 aromatic carbocycles. The minimum Gasteiger partial charge on any atom is -0.362 e. The fraction of sp³-hybridized carbons (Fsp3) is 0.706. The van der Waals surface area contributed by atoms with Gasteiger partial charge in [-0.15, -0.1) is 0 Å². The second-order valence-electron chi connectivity index (χ2n) is 6.69. The summed E-state index contributed by atoms with van der Waals surface area (Å²) in [4.78, 5) is 20.6. The van der Waals surface area contributed by atoms with E-state index in [1.807, 2.05) is 19.9 Å². The molecule has 3 rings (SSSR count). The number of aromatic nitrogens is 1. The highest BCUT2D eigenvalue weighted by Gasteiger charge is 2.29. The molecule has 0 bridgehead atoms. The van der Waals surface area contributed by atoms with Crippen molar-refractivity contribution in [2.24, 2.45) is 0 Å². The Balaban J connectivity index is 1.54. The molecule has 2 saturated heterocycles. The molecule has 1 N–H and O–H groups in total. The molecule has 0 radical (unpaired) electrons. The van der Waals surface area contributed by atoms with Gasteiger partial charge in [0.15, 0.2) is 5.78 Å². The monoisotopic (exact) mass is 289 g/mol. The molecule has 4 heteroatoms. The molecule has 3 heterocycles. The van der Waals surface area contributed by atoms with Gasteiger partial charge >= 0.3 is 0 Å². The average molecular weight is 289 g/mol. The fourth-order valence-electron chi connectivity index (χ4n) is 3.84. The van der Waals surface area contributed by atoms with Crippen molar-refractivity contribution in [2.45, 2.75) is 45.6 Å². The highest BCUT2D eigenvalue weighted by Crippen LogP contribution is 2.21. The van der Waals surface area contributed by atoms with Crippen LogP contribution in [0.2, 0.25) is 0 Å². The van der Waals surface area contributed by atoms with Crippen molar-refractivity contribution in [1.29, 1.82) is 0 Å². The fourth-order valence-corrected chi connectivity index (χ4v) is 3.84. The molecule has 1 aromatic heterocycles. The Morgan fingerprint density at radius 3 is 2.67 bits per heavy atom. The molecular formula is C17H27N3O. The molecule has 21 heavy (non-hydrogen) atoms. The zero-order valence-corrected chi connectivity index (χ0v) is 13.3. The number of likely N-dealkylation sites (tertiary alicyclic amines) is 2. The van der Waals surface area contributed by atoms with Crippen LogP contribution in [0.5, 0.6) is 0 Å². The smallest absolute Gasteiger partial charge is 0.178 e. The Morgan fingerprint density at radius 2 is 2.00 bits per heavy atom. The molecular weight excluding hydrogens is 262 g/mol. The Bertz CT molecular complexity index is 502. The predicted octanol–water partition coefficient (Wildman–Crippen LogP) is 2.37. The van der Waals surface area contributed by atoms with Crippen molar-refractivity contribution in [1.82, 2.24) is 14.8 Å². The lowest BCUT2D eigenvalue weighted by molar-refractivity contribution is 0.0935. The number of Topliss-reactive ketones (excluding diaryl/α,β-unsaturated/α-hetero) is 1. The van der Waals surface area contributed by atoms with E-state index in [1.165, 1.54) is 38.8 Å². The first-order valence-electron chi connectivity index (χ1n) is 8.29. The SMILES string of the molecule is Cc1cc(C(=O)CN2CCC(N3CCCCC3)C2)c(C)[nH]1. The van der Waals surface area contributed by atoms with E-state index in [2.05, 4.69) is 14.8 Å². The van der Waals surface area contributed by atoms with Crippen molar-refractivity contribution < 1.29 is 4.79 Å². The zero-order chi connectivity index (χ0) is 14.8. The van der Waals surface area contributed by atoms with Gasteiger partial charge in [-0.2, -0.15) is 0 Å². The Labute approximate surface area is 127 Å². The topological polar surface area (TPSA) is 39.3 Å². The molecule has 2 fully saturated rings. The first kappa shape index (κ1) is 14.8. The number of hydrogen-bond donors (Lipinski definition) is 1. The maximum Gasteiger partial charge on any atom is 0.178 e. The number of nitrogens with one attached hydrogen (secondary N) is 1. The van der Waals surface area contributed by atoms with Crippen LogP contribution in [-0.4, -0.2) is 59.3 Å². The molecule has 0 saturated carbocycles. The number of nitrogens with zero attached hydrogens (tertiary/aromatic N) is 2. The van der Waals surface area contributed by atoms with E-state index in [9.17, 15) is 4.79 Å². The lowest BCUT2D eigenvalue weighted by atomic mass is 10.1. The molecule has 2 aliphatic heterocycles. The minimum atomic E-state index is 0.260.